The third kappa shape index (κ3) is 4.22. The average Bonchev–Trinajstić information content (AvgIpc) is 1.88. The molecule has 0 aromatic carbocycles. The Morgan fingerprint density at radius 2 is 1.78 bits per heavy atom. The molecule has 0 N–H and O–H groups in total. The third-order valence-electron chi connectivity index (χ3n) is 0.772. The Morgan fingerprint density at radius 1 is 1.33 bits per heavy atom. The lowest BCUT2D eigenvalue weighted by molar-refractivity contribution is 0.226. The molecule has 0 radical (unpaired) electrons. The summed E-state index contributed by atoms with van der Waals surface area (Å²) in [6.07, 6.45) is 5.11. The zero-order valence-electron chi connectivity index (χ0n) is 5.89. The second-order valence-corrected chi connectivity index (χ2v) is 3.07. The molecule has 0 spiro atoms. The van der Waals surface area contributed by atoms with Crippen molar-refractivity contribution in [3.8, 4) is 12.0 Å². The lowest BCUT2D eigenvalue weighted by atomic mass is 10.9. The van der Waals surface area contributed by atoms with Crippen LogP contribution in [0, 0.1) is 12.0 Å². The molecule has 0 aromatic rings. The van der Waals surface area contributed by atoms with Crippen molar-refractivity contribution in [2.24, 2.45) is 0 Å². The van der Waals surface area contributed by atoms with Gasteiger partial charge in [-0.25, -0.2) is 0 Å². The Morgan fingerprint density at radius 3 is 2.00 bits per heavy atom. The van der Waals surface area contributed by atoms with E-state index in [0.29, 0.717) is 13.2 Å². The van der Waals surface area contributed by atoms with E-state index in [2.05, 4.69) is 5.54 Å². The van der Waals surface area contributed by atoms with Crippen LogP contribution in [0.25, 0.3) is 0 Å². The minimum absolute atomic E-state index is 0.654. The molecular formula is C6H12O2Si. The van der Waals surface area contributed by atoms with Gasteiger partial charge in [-0.05, 0) is 13.8 Å². The molecule has 0 bridgehead atoms. The maximum atomic E-state index is 5.11. The van der Waals surface area contributed by atoms with Gasteiger partial charge in [0, 0.05) is 13.2 Å². The van der Waals surface area contributed by atoms with Gasteiger partial charge in [0.2, 0.25) is 0 Å². The molecule has 0 rings (SSSR count). The maximum Gasteiger partial charge on any atom is 0.407 e. The van der Waals surface area contributed by atoms with E-state index >= 15 is 0 Å². The van der Waals surface area contributed by atoms with Crippen LogP contribution < -0.4 is 0 Å². The lowest BCUT2D eigenvalue weighted by Crippen LogP contribution is -2.20. The fraction of sp³-hybridized carbons (Fsp3) is 0.667. The molecule has 3 heteroatoms. The van der Waals surface area contributed by atoms with Gasteiger partial charge in [-0.15, -0.1) is 6.42 Å². The summed E-state index contributed by atoms with van der Waals surface area (Å²) >= 11 is 0. The van der Waals surface area contributed by atoms with Gasteiger partial charge in [-0.2, -0.15) is 0 Å². The normalized spacial score (nSPS) is 9.56. The molecule has 0 saturated carbocycles. The summed E-state index contributed by atoms with van der Waals surface area (Å²) in [6.45, 7) is 5.13. The van der Waals surface area contributed by atoms with Gasteiger partial charge in [0.05, 0.1) is 0 Å². The van der Waals surface area contributed by atoms with Crippen molar-refractivity contribution < 1.29 is 8.85 Å². The Balaban J connectivity index is 3.32. The van der Waals surface area contributed by atoms with Crippen LogP contribution >= 0.6 is 0 Å². The summed E-state index contributed by atoms with van der Waals surface area (Å²) in [5.74, 6) is 0. The highest BCUT2D eigenvalue weighted by atomic mass is 28.3. The molecule has 0 heterocycles. The highest BCUT2D eigenvalue weighted by molar-refractivity contribution is 6.54. The molecule has 0 unspecified atom stereocenters. The summed E-state index contributed by atoms with van der Waals surface area (Å²) in [4.78, 5) is 0. The first-order chi connectivity index (χ1) is 4.35. The molecule has 0 aliphatic carbocycles. The lowest BCUT2D eigenvalue weighted by Gasteiger charge is -2.06. The van der Waals surface area contributed by atoms with Crippen molar-refractivity contribution >= 4 is 9.28 Å². The smallest absolute Gasteiger partial charge is 0.388 e. The molecule has 0 saturated heterocycles. The first kappa shape index (κ1) is 8.70. The Kier molecular flexibility index (Phi) is 5.63. The first-order valence-corrected chi connectivity index (χ1v) is 4.56. The maximum absolute atomic E-state index is 5.11. The van der Waals surface area contributed by atoms with Gasteiger partial charge in [0.25, 0.3) is 0 Å². The Labute approximate surface area is 58.0 Å². The van der Waals surface area contributed by atoms with Crippen LogP contribution in [0.15, 0.2) is 0 Å². The van der Waals surface area contributed by atoms with E-state index in [0.717, 1.165) is 0 Å². The number of rotatable bonds is 4. The minimum atomic E-state index is -1.69. The Hall–Kier alpha value is -0.303. The number of terminal acetylenes is 1. The van der Waals surface area contributed by atoms with Crippen molar-refractivity contribution in [2.45, 2.75) is 13.8 Å². The fourth-order valence-electron chi connectivity index (χ4n) is 0.447. The highest BCUT2D eigenvalue weighted by Gasteiger charge is 2.05. The molecule has 2 nitrogen and oxygen atoms in total. The van der Waals surface area contributed by atoms with Crippen molar-refractivity contribution in [2.75, 3.05) is 13.2 Å². The molecule has 0 fully saturated rings. The van der Waals surface area contributed by atoms with E-state index in [1.807, 2.05) is 13.8 Å². The van der Waals surface area contributed by atoms with Gasteiger partial charge in [0.15, 0.2) is 0 Å². The van der Waals surface area contributed by atoms with E-state index in [4.69, 9.17) is 15.3 Å². The van der Waals surface area contributed by atoms with E-state index < -0.39 is 9.28 Å². The summed E-state index contributed by atoms with van der Waals surface area (Å²) in [5.41, 5.74) is 2.50. The first-order valence-electron chi connectivity index (χ1n) is 3.04. The van der Waals surface area contributed by atoms with Crippen LogP contribution in [-0.2, 0) is 8.85 Å². The van der Waals surface area contributed by atoms with Crippen LogP contribution in [0.3, 0.4) is 0 Å². The third-order valence-corrected chi connectivity index (χ3v) is 2.32. The van der Waals surface area contributed by atoms with E-state index in [1.165, 1.54) is 0 Å². The van der Waals surface area contributed by atoms with Crippen molar-refractivity contribution in [3.05, 3.63) is 0 Å². The highest BCUT2D eigenvalue weighted by Crippen LogP contribution is 1.85. The molecule has 0 aromatic heterocycles. The van der Waals surface area contributed by atoms with Gasteiger partial charge in [-0.1, -0.05) is 5.54 Å². The van der Waals surface area contributed by atoms with Crippen molar-refractivity contribution in [1.82, 2.24) is 0 Å². The topological polar surface area (TPSA) is 18.5 Å². The molecular weight excluding hydrogens is 132 g/mol. The number of hydrogen-bond acceptors (Lipinski definition) is 2. The SMILES string of the molecule is C#C[SiH](OCC)OCC. The summed E-state index contributed by atoms with van der Waals surface area (Å²) in [5, 5.41) is 0. The van der Waals surface area contributed by atoms with Crippen LogP contribution in [0.5, 0.6) is 0 Å². The Bertz CT molecular complexity index is 91.7. The van der Waals surface area contributed by atoms with Gasteiger partial charge in [-0.3, -0.25) is 0 Å². The predicted octanol–water partition coefficient (Wildman–Crippen LogP) is 0.452. The zero-order valence-corrected chi connectivity index (χ0v) is 7.04. The van der Waals surface area contributed by atoms with E-state index in [9.17, 15) is 0 Å². The van der Waals surface area contributed by atoms with Gasteiger partial charge < -0.3 is 8.85 Å². The number of hydrogen-bond donors (Lipinski definition) is 0. The molecule has 0 aliphatic rings. The van der Waals surface area contributed by atoms with Crippen molar-refractivity contribution in [3.63, 3.8) is 0 Å². The van der Waals surface area contributed by atoms with Crippen molar-refractivity contribution in [1.29, 1.82) is 0 Å². The van der Waals surface area contributed by atoms with Gasteiger partial charge in [0.1, 0.15) is 0 Å². The van der Waals surface area contributed by atoms with Crippen LogP contribution in [-0.4, -0.2) is 22.5 Å². The van der Waals surface area contributed by atoms with E-state index in [-0.39, 0.29) is 0 Å². The average molecular weight is 144 g/mol. The summed E-state index contributed by atoms with van der Waals surface area (Å²) in [6, 6.07) is 0. The second kappa shape index (κ2) is 5.83. The standard InChI is InChI=1S/C6H12O2Si/c1-4-7-9(6-3)8-5-2/h3,9H,4-5H2,1-2H3. The molecule has 9 heavy (non-hydrogen) atoms. The largest absolute Gasteiger partial charge is 0.407 e. The zero-order chi connectivity index (χ0) is 7.11. The summed E-state index contributed by atoms with van der Waals surface area (Å²) < 4.78 is 10.2. The van der Waals surface area contributed by atoms with Crippen LogP contribution in [0.2, 0.25) is 0 Å². The molecule has 0 atom stereocenters. The second-order valence-electron chi connectivity index (χ2n) is 1.41. The fourth-order valence-corrected chi connectivity index (χ4v) is 1.34. The summed E-state index contributed by atoms with van der Waals surface area (Å²) in [7, 11) is -1.69. The quantitative estimate of drug-likeness (QED) is 0.421. The molecule has 0 amide bonds. The monoisotopic (exact) mass is 144 g/mol. The van der Waals surface area contributed by atoms with Gasteiger partial charge >= 0.3 is 9.28 Å². The molecule has 0 aliphatic heterocycles. The minimum Gasteiger partial charge on any atom is -0.388 e. The van der Waals surface area contributed by atoms with Crippen LogP contribution in [0.4, 0.5) is 0 Å². The van der Waals surface area contributed by atoms with Crippen LogP contribution in [0.1, 0.15) is 13.8 Å². The molecule has 52 valence electrons. The van der Waals surface area contributed by atoms with E-state index in [1.54, 1.807) is 0 Å². The predicted molar refractivity (Wildman–Crippen MR) is 39.2 cm³/mol.